The second-order valence-electron chi connectivity index (χ2n) is 14.5. The number of benzene rings is 2. The highest BCUT2D eigenvalue weighted by Gasteiger charge is 2.55. The lowest BCUT2D eigenvalue weighted by molar-refractivity contribution is -0.243. The van der Waals surface area contributed by atoms with E-state index in [2.05, 4.69) is 5.10 Å². The van der Waals surface area contributed by atoms with Crippen molar-refractivity contribution in [2.45, 2.75) is 108 Å². The molecule has 248 valence electrons. The summed E-state index contributed by atoms with van der Waals surface area (Å²) in [5.74, 6) is 0.735. The third kappa shape index (κ3) is 6.11. The van der Waals surface area contributed by atoms with Gasteiger partial charge in [-0.05, 0) is 126 Å². The lowest BCUT2D eigenvalue weighted by Gasteiger charge is -2.54. The predicted octanol–water partition coefficient (Wildman–Crippen LogP) is 9.41. The lowest BCUT2D eigenvalue weighted by Crippen LogP contribution is -2.53. The van der Waals surface area contributed by atoms with Crippen molar-refractivity contribution in [1.82, 2.24) is 9.78 Å². The van der Waals surface area contributed by atoms with Crippen LogP contribution < -0.4 is 9.64 Å². The van der Waals surface area contributed by atoms with Gasteiger partial charge in [0.25, 0.3) is 0 Å². The Kier molecular flexibility index (Phi) is 7.96. The number of carbonyl (C=O) groups is 1. The number of hydrogen-bond acceptors (Lipinski definition) is 4. The number of carbonyl (C=O) groups excluding carboxylic acids is 1. The number of rotatable bonds is 9. The minimum absolute atomic E-state index is 0.0328. The van der Waals surface area contributed by atoms with Crippen molar-refractivity contribution >= 4 is 11.8 Å². The maximum absolute atomic E-state index is 14.9. The molecule has 1 heterocycles. The maximum Gasteiger partial charge on any atom is 0.427 e. The minimum Gasteiger partial charge on any atom is -0.491 e. The van der Waals surface area contributed by atoms with Gasteiger partial charge in [0.1, 0.15) is 5.75 Å². The molecular formula is C36H43F4N3O3. The zero-order valence-electron chi connectivity index (χ0n) is 27.2. The molecule has 0 N–H and O–H groups in total. The second-order valence-corrected chi connectivity index (χ2v) is 14.5. The Morgan fingerprint density at radius 3 is 2.13 bits per heavy atom. The molecule has 1 aromatic heterocycles. The Morgan fingerprint density at radius 1 is 0.935 bits per heavy atom. The number of nitrogens with zero attached hydrogens (tertiary/aromatic N) is 3. The maximum atomic E-state index is 14.9. The summed E-state index contributed by atoms with van der Waals surface area (Å²) in [7, 11) is 1.88. The average Bonchev–Trinajstić information content (AvgIpc) is 3.63. The summed E-state index contributed by atoms with van der Waals surface area (Å²) in [6, 6.07) is 16.8. The van der Waals surface area contributed by atoms with Crippen LogP contribution in [0, 0.1) is 5.41 Å². The van der Waals surface area contributed by atoms with Crippen LogP contribution in [0.5, 0.6) is 5.75 Å². The third-order valence-electron chi connectivity index (χ3n) is 10.4. The van der Waals surface area contributed by atoms with Gasteiger partial charge in [-0.2, -0.15) is 18.3 Å². The minimum atomic E-state index is -4.73. The van der Waals surface area contributed by atoms with Crippen molar-refractivity contribution in [3.05, 3.63) is 66.0 Å². The van der Waals surface area contributed by atoms with Gasteiger partial charge in [0, 0.05) is 30.4 Å². The lowest BCUT2D eigenvalue weighted by atomic mass is 9.52. The first-order valence-corrected chi connectivity index (χ1v) is 16.2. The molecule has 4 aliphatic carbocycles. The zero-order chi connectivity index (χ0) is 33.1. The standard InChI is InChI=1S/C36H43F4N3O3/c1-24(2)45-28-11-9-25(10-12-28)26-7-6-8-27(21-26)43(31(44)46-32(3,4)36(38,39)40)23-33-13-16-34(17-14-33,18-15-33)30-22-29(41-42(30)5)35(37)19-20-35/h6-12,21-22,24H,13-20,23H2,1-5H3. The number of aromatic nitrogens is 2. The Labute approximate surface area is 268 Å². The van der Waals surface area contributed by atoms with Crippen molar-refractivity contribution < 1.29 is 31.8 Å². The fourth-order valence-corrected chi connectivity index (χ4v) is 7.21. The molecule has 0 radical (unpaired) electrons. The number of ether oxygens (including phenoxy) is 2. The van der Waals surface area contributed by atoms with Crippen molar-refractivity contribution in [2.75, 3.05) is 11.4 Å². The fraction of sp³-hybridized carbons (Fsp3) is 0.556. The number of hydrogen-bond donors (Lipinski definition) is 0. The van der Waals surface area contributed by atoms with Crippen LogP contribution in [0.1, 0.15) is 90.4 Å². The monoisotopic (exact) mass is 641 g/mol. The fourth-order valence-electron chi connectivity index (χ4n) is 7.21. The van der Waals surface area contributed by atoms with E-state index in [0.717, 1.165) is 74.9 Å². The second kappa shape index (κ2) is 11.3. The predicted molar refractivity (Wildman–Crippen MR) is 169 cm³/mol. The van der Waals surface area contributed by atoms with Gasteiger partial charge in [0.15, 0.2) is 5.67 Å². The van der Waals surface area contributed by atoms with Gasteiger partial charge in [-0.15, -0.1) is 0 Å². The van der Waals surface area contributed by atoms with E-state index in [4.69, 9.17) is 9.47 Å². The van der Waals surface area contributed by atoms with E-state index in [0.29, 0.717) is 24.2 Å². The van der Waals surface area contributed by atoms with Crippen LogP contribution in [0.2, 0.25) is 0 Å². The number of amides is 1. The van der Waals surface area contributed by atoms with Gasteiger partial charge >= 0.3 is 12.3 Å². The SMILES string of the molecule is CC(C)Oc1ccc(-c2cccc(N(CC34CCC(c5cc(C6(F)CC6)nn5C)(CC3)CC4)C(=O)OC(C)(C)C(F)(F)F)c2)cc1. The number of fused-ring (bicyclic) bond motifs is 3. The van der Waals surface area contributed by atoms with Crippen LogP contribution in [0.4, 0.5) is 28.0 Å². The molecule has 0 unspecified atom stereocenters. The highest BCUT2D eigenvalue weighted by Crippen LogP contribution is 2.59. The van der Waals surface area contributed by atoms with Crippen molar-refractivity contribution in [1.29, 1.82) is 0 Å². The number of aryl methyl sites for hydroxylation is 1. The first kappa shape index (κ1) is 32.4. The number of anilines is 1. The molecule has 4 saturated carbocycles. The first-order valence-electron chi connectivity index (χ1n) is 16.2. The summed E-state index contributed by atoms with van der Waals surface area (Å²) in [5, 5.41) is 4.54. The molecule has 0 aliphatic heterocycles. The van der Waals surface area contributed by atoms with Crippen LogP contribution in [-0.4, -0.2) is 40.3 Å². The molecule has 2 aromatic carbocycles. The highest BCUT2D eigenvalue weighted by atomic mass is 19.4. The Balaban J connectivity index is 1.27. The van der Waals surface area contributed by atoms with Gasteiger partial charge in [0.2, 0.25) is 5.60 Å². The van der Waals surface area contributed by atoms with E-state index in [1.807, 2.05) is 68.0 Å². The Hall–Kier alpha value is -3.56. The molecular weight excluding hydrogens is 598 g/mol. The summed E-state index contributed by atoms with van der Waals surface area (Å²) in [4.78, 5) is 15.1. The van der Waals surface area contributed by atoms with E-state index in [9.17, 15) is 22.4 Å². The van der Waals surface area contributed by atoms with Crippen LogP contribution in [0.15, 0.2) is 54.6 Å². The summed E-state index contributed by atoms with van der Waals surface area (Å²) in [6.45, 7) is 5.89. The number of alkyl halides is 4. The van der Waals surface area contributed by atoms with E-state index < -0.39 is 23.5 Å². The summed E-state index contributed by atoms with van der Waals surface area (Å²) >= 11 is 0. The Morgan fingerprint density at radius 2 is 1.57 bits per heavy atom. The topological polar surface area (TPSA) is 56.6 Å². The molecule has 7 rings (SSSR count). The first-order chi connectivity index (χ1) is 21.5. The van der Waals surface area contributed by atoms with Gasteiger partial charge < -0.3 is 9.47 Å². The molecule has 2 bridgehead atoms. The van der Waals surface area contributed by atoms with Gasteiger partial charge in [-0.25, -0.2) is 9.18 Å². The molecule has 0 spiro atoms. The van der Waals surface area contributed by atoms with Crippen LogP contribution in [0.25, 0.3) is 11.1 Å². The summed E-state index contributed by atoms with van der Waals surface area (Å²) < 4.78 is 69.2. The van der Waals surface area contributed by atoms with Gasteiger partial charge in [0.05, 0.1) is 11.8 Å². The third-order valence-corrected chi connectivity index (χ3v) is 10.4. The average molecular weight is 642 g/mol. The molecule has 0 saturated heterocycles. The largest absolute Gasteiger partial charge is 0.491 e. The van der Waals surface area contributed by atoms with Gasteiger partial charge in [-0.3, -0.25) is 9.58 Å². The van der Waals surface area contributed by atoms with Crippen molar-refractivity contribution in [3.63, 3.8) is 0 Å². The van der Waals surface area contributed by atoms with E-state index in [1.54, 1.807) is 12.1 Å². The van der Waals surface area contributed by atoms with Crippen LogP contribution in [0.3, 0.4) is 0 Å². The summed E-state index contributed by atoms with van der Waals surface area (Å²) in [5.41, 5.74) is -0.612. The Bertz CT molecular complexity index is 1570. The molecule has 1 amide bonds. The molecule has 4 fully saturated rings. The van der Waals surface area contributed by atoms with E-state index in [1.165, 1.54) is 4.90 Å². The van der Waals surface area contributed by atoms with Crippen molar-refractivity contribution in [3.8, 4) is 16.9 Å². The highest BCUT2D eigenvalue weighted by molar-refractivity contribution is 5.89. The molecule has 6 nitrogen and oxygen atoms in total. The smallest absolute Gasteiger partial charge is 0.427 e. The zero-order valence-corrected chi connectivity index (χ0v) is 27.2. The summed E-state index contributed by atoms with van der Waals surface area (Å²) in [6.07, 6.45) is 0.187. The molecule has 46 heavy (non-hydrogen) atoms. The molecule has 0 atom stereocenters. The number of halogens is 4. The van der Waals surface area contributed by atoms with E-state index >= 15 is 0 Å². The van der Waals surface area contributed by atoms with Gasteiger partial charge in [-0.1, -0.05) is 24.3 Å². The van der Waals surface area contributed by atoms with Crippen LogP contribution >= 0.6 is 0 Å². The normalized spacial score (nSPS) is 23.8. The van der Waals surface area contributed by atoms with Crippen LogP contribution in [-0.2, 0) is 22.9 Å². The quantitative estimate of drug-likeness (QED) is 0.219. The molecule has 10 heteroatoms. The molecule has 4 aliphatic rings. The van der Waals surface area contributed by atoms with E-state index in [-0.39, 0.29) is 23.5 Å². The molecule has 3 aromatic rings. The van der Waals surface area contributed by atoms with Crippen molar-refractivity contribution in [2.24, 2.45) is 12.5 Å².